The number of hydrogen-bond acceptors (Lipinski definition) is 3. The van der Waals surface area contributed by atoms with E-state index in [1.54, 1.807) is 6.08 Å². The summed E-state index contributed by atoms with van der Waals surface area (Å²) in [5.74, 6) is 11.4. The molecule has 1 saturated heterocycles. The third-order valence-electron chi connectivity index (χ3n) is 6.75. The molecule has 3 atom stereocenters. The fraction of sp³-hybridized carbons (Fsp3) is 0.686. The van der Waals surface area contributed by atoms with Crippen LogP contribution >= 0.6 is 0 Å². The van der Waals surface area contributed by atoms with Crippen LogP contribution in [-0.4, -0.2) is 24.3 Å². The molecule has 0 amide bonds. The number of ether oxygens (including phenoxy) is 2. The zero-order valence-corrected chi connectivity index (χ0v) is 24.5. The van der Waals surface area contributed by atoms with Crippen LogP contribution in [0.3, 0.4) is 0 Å². The number of allylic oxidation sites excluding steroid dienone is 4. The molecule has 0 N–H and O–H groups in total. The van der Waals surface area contributed by atoms with Crippen LogP contribution in [0.2, 0.25) is 0 Å². The van der Waals surface area contributed by atoms with Crippen LogP contribution < -0.4 is 0 Å². The molecule has 0 saturated carbocycles. The molecule has 3 nitrogen and oxygen atoms in total. The highest BCUT2D eigenvalue weighted by Gasteiger charge is 2.36. The lowest BCUT2D eigenvalue weighted by Gasteiger charge is -2.07. The maximum absolute atomic E-state index is 12.1. The van der Waals surface area contributed by atoms with Gasteiger partial charge in [0.2, 0.25) is 0 Å². The van der Waals surface area contributed by atoms with Crippen molar-refractivity contribution in [2.24, 2.45) is 0 Å². The monoisotopic (exact) mass is 522 g/mol. The molecule has 212 valence electrons. The minimum absolute atomic E-state index is 0.212. The number of hydrogen-bond donors (Lipinski definition) is 0. The molecule has 0 aliphatic carbocycles. The standard InChI is InChI=1S/C35H54O3/c1-4-7-9-11-12-13-14-15-16-17-18-19-20-22-27-31-35(36)37-32(6-3)28-24-23-26-30-34-33(38-34)29-25-21-10-8-5-2/h6,12-13,15-16,32-34H,3-5,7-11,14,17-22,25,27,29-31H2,1-2H3. The normalized spacial score (nSPS) is 17.0. The van der Waals surface area contributed by atoms with E-state index >= 15 is 0 Å². The minimum Gasteiger partial charge on any atom is -0.445 e. The van der Waals surface area contributed by atoms with Gasteiger partial charge < -0.3 is 9.47 Å². The minimum atomic E-state index is -0.595. The lowest BCUT2D eigenvalue weighted by molar-refractivity contribution is -0.144. The zero-order valence-electron chi connectivity index (χ0n) is 24.5. The molecule has 0 radical (unpaired) electrons. The highest BCUT2D eigenvalue weighted by Crippen LogP contribution is 2.29. The summed E-state index contributed by atoms with van der Waals surface area (Å²) in [6, 6.07) is 0. The molecule has 1 rings (SSSR count). The van der Waals surface area contributed by atoms with E-state index in [0.29, 0.717) is 12.5 Å². The van der Waals surface area contributed by atoms with E-state index in [9.17, 15) is 4.79 Å². The van der Waals surface area contributed by atoms with E-state index in [-0.39, 0.29) is 12.1 Å². The predicted octanol–water partition coefficient (Wildman–Crippen LogP) is 9.42. The summed E-state index contributed by atoms with van der Waals surface area (Å²) in [6.07, 6.45) is 32.3. The quantitative estimate of drug-likeness (QED) is 0.0441. The maximum atomic E-state index is 12.1. The second kappa shape index (κ2) is 25.1. The Hall–Kier alpha value is -2.23. The summed E-state index contributed by atoms with van der Waals surface area (Å²) in [7, 11) is 0. The number of unbranched alkanes of at least 4 members (excludes halogenated alkanes) is 12. The molecular weight excluding hydrogens is 468 g/mol. The third-order valence-corrected chi connectivity index (χ3v) is 6.75. The molecule has 3 unspecified atom stereocenters. The smallest absolute Gasteiger partial charge is 0.307 e. The van der Waals surface area contributed by atoms with E-state index in [0.717, 1.165) is 44.9 Å². The molecule has 0 aromatic rings. The van der Waals surface area contributed by atoms with Crippen LogP contribution in [0.25, 0.3) is 0 Å². The summed E-state index contributed by atoms with van der Waals surface area (Å²) < 4.78 is 11.1. The summed E-state index contributed by atoms with van der Waals surface area (Å²) >= 11 is 0. The highest BCUT2D eigenvalue weighted by atomic mass is 16.6. The molecule has 0 bridgehead atoms. The zero-order chi connectivity index (χ0) is 27.5. The Morgan fingerprint density at radius 3 is 2.18 bits per heavy atom. The average molecular weight is 523 g/mol. The van der Waals surface area contributed by atoms with Gasteiger partial charge in [-0.05, 0) is 68.8 Å². The third kappa shape index (κ3) is 20.8. The molecule has 0 aromatic heterocycles. The van der Waals surface area contributed by atoms with Crippen LogP contribution in [-0.2, 0) is 14.3 Å². The molecular formula is C35H54O3. The molecule has 1 aliphatic rings. The summed E-state index contributed by atoms with van der Waals surface area (Å²) in [6.45, 7) is 8.21. The molecule has 1 fully saturated rings. The van der Waals surface area contributed by atoms with Crippen LogP contribution in [0, 0.1) is 23.7 Å². The van der Waals surface area contributed by atoms with Crippen LogP contribution in [0.15, 0.2) is 37.0 Å². The Bertz CT molecular complexity index is 785. The van der Waals surface area contributed by atoms with Crippen molar-refractivity contribution in [1.82, 2.24) is 0 Å². The maximum Gasteiger partial charge on any atom is 0.307 e. The van der Waals surface area contributed by atoms with Gasteiger partial charge in [0.25, 0.3) is 0 Å². The molecule has 1 aliphatic heterocycles. The van der Waals surface area contributed by atoms with E-state index in [2.05, 4.69) is 68.4 Å². The Labute approximate surface area is 234 Å². The van der Waals surface area contributed by atoms with E-state index in [1.165, 1.54) is 70.6 Å². The molecule has 1 heterocycles. The van der Waals surface area contributed by atoms with Crippen molar-refractivity contribution in [2.75, 3.05) is 0 Å². The fourth-order valence-electron chi connectivity index (χ4n) is 4.28. The molecule has 3 heteroatoms. The van der Waals surface area contributed by atoms with Crippen LogP contribution in [0.1, 0.15) is 136 Å². The Morgan fingerprint density at radius 2 is 1.45 bits per heavy atom. The average Bonchev–Trinajstić information content (AvgIpc) is 3.67. The van der Waals surface area contributed by atoms with Crippen LogP contribution in [0.4, 0.5) is 0 Å². The first-order valence-electron chi connectivity index (χ1n) is 15.5. The van der Waals surface area contributed by atoms with Crippen molar-refractivity contribution >= 4 is 5.97 Å². The fourth-order valence-corrected chi connectivity index (χ4v) is 4.28. The number of rotatable bonds is 23. The van der Waals surface area contributed by atoms with Crippen molar-refractivity contribution < 1.29 is 14.3 Å². The summed E-state index contributed by atoms with van der Waals surface area (Å²) in [5.41, 5.74) is 0. The number of carbonyl (C=O) groups is 1. The summed E-state index contributed by atoms with van der Waals surface area (Å²) in [4.78, 5) is 12.1. The van der Waals surface area contributed by atoms with Crippen molar-refractivity contribution in [3.8, 4) is 23.7 Å². The topological polar surface area (TPSA) is 38.8 Å². The van der Waals surface area contributed by atoms with Gasteiger partial charge in [0.15, 0.2) is 6.10 Å². The van der Waals surface area contributed by atoms with Crippen molar-refractivity contribution in [1.29, 1.82) is 0 Å². The predicted molar refractivity (Wildman–Crippen MR) is 162 cm³/mol. The van der Waals surface area contributed by atoms with Gasteiger partial charge in [0.1, 0.15) is 0 Å². The number of esters is 1. The number of carbonyl (C=O) groups excluding carboxylic acids is 1. The van der Waals surface area contributed by atoms with Gasteiger partial charge in [-0.25, -0.2) is 0 Å². The van der Waals surface area contributed by atoms with E-state index in [1.807, 2.05) is 0 Å². The molecule has 0 spiro atoms. The second-order valence-electron chi connectivity index (χ2n) is 10.3. The second-order valence-corrected chi connectivity index (χ2v) is 10.3. The Morgan fingerprint density at radius 1 is 0.816 bits per heavy atom. The van der Waals surface area contributed by atoms with Gasteiger partial charge in [0.05, 0.1) is 12.2 Å². The lowest BCUT2D eigenvalue weighted by Crippen LogP contribution is -2.13. The van der Waals surface area contributed by atoms with Gasteiger partial charge >= 0.3 is 5.97 Å². The van der Waals surface area contributed by atoms with Gasteiger partial charge in [-0.15, -0.1) is 0 Å². The van der Waals surface area contributed by atoms with E-state index < -0.39 is 6.10 Å². The highest BCUT2D eigenvalue weighted by molar-refractivity contribution is 5.70. The Balaban J connectivity index is 2.01. The largest absolute Gasteiger partial charge is 0.445 e. The van der Waals surface area contributed by atoms with Crippen molar-refractivity contribution in [3.63, 3.8) is 0 Å². The SMILES string of the molecule is C=CC(C#CC#CCC1OC1CCCCCCC)OC(=O)CCCCCCCC=CCC=CCCCCC. The first kappa shape index (κ1) is 33.8. The van der Waals surface area contributed by atoms with Gasteiger partial charge in [0, 0.05) is 12.8 Å². The summed E-state index contributed by atoms with van der Waals surface area (Å²) in [5, 5.41) is 0. The van der Waals surface area contributed by atoms with Gasteiger partial charge in [-0.1, -0.05) is 115 Å². The van der Waals surface area contributed by atoms with Crippen molar-refractivity contribution in [2.45, 2.75) is 154 Å². The van der Waals surface area contributed by atoms with Gasteiger partial charge in [-0.3, -0.25) is 4.79 Å². The van der Waals surface area contributed by atoms with Crippen molar-refractivity contribution in [3.05, 3.63) is 37.0 Å². The van der Waals surface area contributed by atoms with Crippen LogP contribution in [0.5, 0.6) is 0 Å². The number of epoxide rings is 1. The molecule has 0 aromatic carbocycles. The van der Waals surface area contributed by atoms with Gasteiger partial charge in [-0.2, -0.15) is 0 Å². The molecule has 38 heavy (non-hydrogen) atoms. The Kier molecular flexibility index (Phi) is 22.3. The first-order valence-corrected chi connectivity index (χ1v) is 15.5. The van der Waals surface area contributed by atoms with E-state index in [4.69, 9.17) is 9.47 Å². The first-order chi connectivity index (χ1) is 18.7. The lowest BCUT2D eigenvalue weighted by atomic mass is 10.1.